The highest BCUT2D eigenvalue weighted by molar-refractivity contribution is 6.06. The first-order valence-electron chi connectivity index (χ1n) is 8.94. The monoisotopic (exact) mass is 349 g/mol. The summed E-state index contributed by atoms with van der Waals surface area (Å²) in [5.74, 6) is -0.546. The zero-order valence-electron chi connectivity index (χ0n) is 14.2. The van der Waals surface area contributed by atoms with Crippen molar-refractivity contribution in [3.63, 3.8) is 0 Å². The van der Waals surface area contributed by atoms with Crippen molar-refractivity contribution >= 4 is 11.9 Å². The maximum Gasteiger partial charge on any atom is 0.322 e. The molecule has 3 aliphatic rings. The Kier molecular flexibility index (Phi) is 3.40. The minimum absolute atomic E-state index is 0.0743. The third-order valence-electron chi connectivity index (χ3n) is 5.75. The molecule has 3 heterocycles. The fraction of sp³-hybridized carbons (Fsp3) is 0.333. The molecular weight excluding hydrogens is 330 g/mol. The molecule has 4 atom stereocenters. The second-order valence-corrected chi connectivity index (χ2v) is 7.26. The smallest absolute Gasteiger partial charge is 0.322 e. The van der Waals surface area contributed by atoms with Gasteiger partial charge >= 0.3 is 5.97 Å². The molecule has 5 rings (SSSR count). The van der Waals surface area contributed by atoms with Crippen molar-refractivity contribution in [2.24, 2.45) is 5.41 Å². The number of carbonyl (C=O) groups excluding carboxylic acids is 2. The maximum absolute atomic E-state index is 13.3. The topological polar surface area (TPSA) is 55.8 Å². The number of cyclic esters (lactones) is 1. The Hall–Kier alpha value is -2.66. The second-order valence-electron chi connectivity index (χ2n) is 7.26. The maximum atomic E-state index is 13.3. The molecule has 2 aromatic carbocycles. The van der Waals surface area contributed by atoms with Crippen LogP contribution in [0.4, 0.5) is 0 Å². The molecule has 3 fully saturated rings. The van der Waals surface area contributed by atoms with Crippen molar-refractivity contribution in [1.82, 2.24) is 4.90 Å². The first kappa shape index (κ1) is 15.6. The largest absolute Gasteiger partial charge is 0.457 e. The number of benzene rings is 2. The summed E-state index contributed by atoms with van der Waals surface area (Å²) in [6.45, 7) is 0.455. The zero-order chi connectivity index (χ0) is 17.7. The Morgan fingerprint density at radius 3 is 2.23 bits per heavy atom. The minimum Gasteiger partial charge on any atom is -0.457 e. The van der Waals surface area contributed by atoms with E-state index in [0.717, 1.165) is 11.1 Å². The van der Waals surface area contributed by atoms with Gasteiger partial charge in [0.05, 0.1) is 12.6 Å². The van der Waals surface area contributed by atoms with E-state index >= 15 is 0 Å². The van der Waals surface area contributed by atoms with Gasteiger partial charge in [0.1, 0.15) is 6.10 Å². The van der Waals surface area contributed by atoms with Crippen LogP contribution in [0.25, 0.3) is 0 Å². The third-order valence-corrected chi connectivity index (χ3v) is 5.75. The highest BCUT2D eigenvalue weighted by atomic mass is 16.6. The van der Waals surface area contributed by atoms with Crippen LogP contribution >= 0.6 is 0 Å². The molecule has 2 aromatic rings. The summed E-state index contributed by atoms with van der Waals surface area (Å²) in [6.07, 6.45) is 0.0981. The molecule has 5 heteroatoms. The molecule has 0 N–H and O–H groups in total. The summed E-state index contributed by atoms with van der Waals surface area (Å²) in [6, 6.07) is 19.3. The lowest BCUT2D eigenvalue weighted by molar-refractivity contribution is -0.156. The Labute approximate surface area is 151 Å². The van der Waals surface area contributed by atoms with Crippen molar-refractivity contribution in [3.05, 3.63) is 71.8 Å². The molecule has 3 saturated heterocycles. The number of amides is 1. The molecule has 0 bridgehead atoms. The van der Waals surface area contributed by atoms with E-state index in [0.29, 0.717) is 19.4 Å². The molecule has 0 unspecified atom stereocenters. The predicted octanol–water partition coefficient (Wildman–Crippen LogP) is 2.99. The summed E-state index contributed by atoms with van der Waals surface area (Å²) in [7, 11) is 0. The molecule has 0 saturated carbocycles. The van der Waals surface area contributed by atoms with Gasteiger partial charge in [0, 0.05) is 12.0 Å². The van der Waals surface area contributed by atoms with Crippen LogP contribution in [-0.2, 0) is 19.1 Å². The Morgan fingerprint density at radius 2 is 1.54 bits per heavy atom. The fourth-order valence-corrected chi connectivity index (χ4v) is 4.47. The number of hydrogen-bond acceptors (Lipinski definition) is 4. The van der Waals surface area contributed by atoms with Gasteiger partial charge in [0.25, 0.3) is 0 Å². The Morgan fingerprint density at radius 1 is 0.885 bits per heavy atom. The number of fused-ring (bicyclic) bond motifs is 1. The van der Waals surface area contributed by atoms with Crippen molar-refractivity contribution in [1.29, 1.82) is 0 Å². The highest BCUT2D eigenvalue weighted by Gasteiger charge is 2.65. The standard InChI is InChI=1S/C21H19NO4/c23-19-21(12-17(26-20(21)24)14-7-3-1-4-8-14)11-16-13-25-18(22(16)19)15-9-5-2-6-10-15/h1-10,16-18H,11-13H2/t16-,17+,18+,21+/m0/s1. The SMILES string of the molecule is O=C1O[C@@H](c2ccccc2)C[C@@]12C[C@H]1CO[C@H](c3ccccc3)N1C2=O. The van der Waals surface area contributed by atoms with Crippen molar-refractivity contribution in [3.8, 4) is 0 Å². The molecule has 5 nitrogen and oxygen atoms in total. The van der Waals surface area contributed by atoms with Gasteiger partial charge in [-0.25, -0.2) is 0 Å². The quantitative estimate of drug-likeness (QED) is 0.618. The number of ether oxygens (including phenoxy) is 2. The number of carbonyl (C=O) groups is 2. The summed E-state index contributed by atoms with van der Waals surface area (Å²) in [5, 5.41) is 0. The van der Waals surface area contributed by atoms with E-state index in [2.05, 4.69) is 0 Å². The number of rotatable bonds is 2. The summed E-state index contributed by atoms with van der Waals surface area (Å²) in [5.41, 5.74) is 0.807. The van der Waals surface area contributed by atoms with Gasteiger partial charge in [-0.2, -0.15) is 0 Å². The van der Waals surface area contributed by atoms with E-state index in [1.54, 1.807) is 4.90 Å². The summed E-state index contributed by atoms with van der Waals surface area (Å²) >= 11 is 0. The van der Waals surface area contributed by atoms with Crippen LogP contribution in [0.2, 0.25) is 0 Å². The molecule has 1 amide bonds. The molecule has 132 valence electrons. The molecule has 0 radical (unpaired) electrons. The van der Waals surface area contributed by atoms with Crippen LogP contribution in [0.1, 0.15) is 36.3 Å². The average molecular weight is 349 g/mol. The molecule has 0 aromatic heterocycles. The van der Waals surface area contributed by atoms with Crippen LogP contribution in [-0.4, -0.2) is 29.4 Å². The van der Waals surface area contributed by atoms with E-state index in [1.165, 1.54) is 0 Å². The Balaban J connectivity index is 1.45. The van der Waals surface area contributed by atoms with Crippen molar-refractivity contribution in [2.45, 2.75) is 31.2 Å². The number of hydrogen-bond donors (Lipinski definition) is 0. The van der Waals surface area contributed by atoms with Gasteiger partial charge in [-0.15, -0.1) is 0 Å². The normalized spacial score (nSPS) is 32.9. The van der Waals surface area contributed by atoms with Crippen LogP contribution in [0.15, 0.2) is 60.7 Å². The lowest BCUT2D eigenvalue weighted by Crippen LogP contribution is -2.39. The van der Waals surface area contributed by atoms with Crippen LogP contribution < -0.4 is 0 Å². The molecule has 26 heavy (non-hydrogen) atoms. The summed E-state index contributed by atoms with van der Waals surface area (Å²) < 4.78 is 11.5. The van der Waals surface area contributed by atoms with Crippen LogP contribution in [0.5, 0.6) is 0 Å². The van der Waals surface area contributed by atoms with Gasteiger partial charge in [-0.1, -0.05) is 60.7 Å². The predicted molar refractivity (Wildman–Crippen MR) is 92.7 cm³/mol. The molecular formula is C21H19NO4. The lowest BCUT2D eigenvalue weighted by atomic mass is 9.80. The van der Waals surface area contributed by atoms with E-state index in [4.69, 9.17) is 9.47 Å². The van der Waals surface area contributed by atoms with E-state index in [9.17, 15) is 9.59 Å². The van der Waals surface area contributed by atoms with E-state index in [-0.39, 0.29) is 18.1 Å². The van der Waals surface area contributed by atoms with E-state index < -0.39 is 17.6 Å². The van der Waals surface area contributed by atoms with Gasteiger partial charge in [-0.3, -0.25) is 9.59 Å². The molecule has 3 aliphatic heterocycles. The summed E-state index contributed by atoms with van der Waals surface area (Å²) in [4.78, 5) is 27.8. The van der Waals surface area contributed by atoms with Crippen LogP contribution in [0, 0.1) is 5.41 Å². The minimum atomic E-state index is -1.07. The first-order chi connectivity index (χ1) is 12.7. The average Bonchev–Trinajstić information content (AvgIpc) is 3.32. The van der Waals surface area contributed by atoms with Gasteiger partial charge in [0.15, 0.2) is 11.6 Å². The first-order valence-corrected chi connectivity index (χ1v) is 8.94. The highest BCUT2D eigenvalue weighted by Crippen LogP contribution is 2.54. The second kappa shape index (κ2) is 5.68. The number of nitrogens with zero attached hydrogens (tertiary/aromatic N) is 1. The van der Waals surface area contributed by atoms with E-state index in [1.807, 2.05) is 60.7 Å². The van der Waals surface area contributed by atoms with Crippen LogP contribution in [0.3, 0.4) is 0 Å². The van der Waals surface area contributed by atoms with Crippen molar-refractivity contribution in [2.75, 3.05) is 6.61 Å². The van der Waals surface area contributed by atoms with Gasteiger partial charge < -0.3 is 14.4 Å². The molecule has 0 aliphatic carbocycles. The zero-order valence-corrected chi connectivity index (χ0v) is 14.2. The van der Waals surface area contributed by atoms with Gasteiger partial charge in [-0.05, 0) is 12.0 Å². The van der Waals surface area contributed by atoms with Gasteiger partial charge in [0.2, 0.25) is 5.91 Å². The fourth-order valence-electron chi connectivity index (χ4n) is 4.47. The Bertz CT molecular complexity index is 853. The number of esters is 1. The molecule has 1 spiro atoms. The lowest BCUT2D eigenvalue weighted by Gasteiger charge is -2.24. The third kappa shape index (κ3) is 2.13. The van der Waals surface area contributed by atoms with Crippen molar-refractivity contribution < 1.29 is 19.1 Å².